The third kappa shape index (κ3) is 1.70. The zero-order chi connectivity index (χ0) is 14.5. The summed E-state index contributed by atoms with van der Waals surface area (Å²) in [4.78, 5) is 8.01. The van der Waals surface area contributed by atoms with Crippen LogP contribution in [0, 0.1) is 0 Å². The monoisotopic (exact) mass is 280 g/mol. The van der Waals surface area contributed by atoms with E-state index in [1.807, 2.05) is 0 Å². The summed E-state index contributed by atoms with van der Waals surface area (Å²) >= 11 is 0. The molecule has 0 spiro atoms. The number of aromatic nitrogens is 3. The minimum atomic E-state index is -1.56. The van der Waals surface area contributed by atoms with Gasteiger partial charge in [-0.1, -0.05) is 0 Å². The first-order valence-corrected chi connectivity index (χ1v) is 6.20. The SMILES string of the molecule is CC1(O)[C@H](O)[C@@H](CO)O[C@H]1n1ccc2c(N)ncnc21. The summed E-state index contributed by atoms with van der Waals surface area (Å²) in [6.45, 7) is 1.07. The van der Waals surface area contributed by atoms with Crippen molar-refractivity contribution in [2.24, 2.45) is 0 Å². The van der Waals surface area contributed by atoms with E-state index < -0.39 is 24.0 Å². The molecule has 3 heterocycles. The Morgan fingerprint density at radius 2 is 2.25 bits per heavy atom. The summed E-state index contributed by atoms with van der Waals surface area (Å²) < 4.78 is 7.12. The number of rotatable bonds is 2. The van der Waals surface area contributed by atoms with Crippen LogP contribution in [0.4, 0.5) is 5.82 Å². The molecule has 1 aliphatic rings. The highest BCUT2D eigenvalue weighted by molar-refractivity contribution is 5.86. The molecule has 2 aromatic rings. The molecule has 0 aromatic carbocycles. The van der Waals surface area contributed by atoms with Crippen molar-refractivity contribution < 1.29 is 20.1 Å². The summed E-state index contributed by atoms with van der Waals surface area (Å²) in [5.74, 6) is 0.325. The molecule has 8 nitrogen and oxygen atoms in total. The fourth-order valence-electron chi connectivity index (χ4n) is 2.57. The minimum absolute atomic E-state index is 0.325. The second-order valence-electron chi connectivity index (χ2n) is 5.10. The number of hydrogen-bond acceptors (Lipinski definition) is 7. The fraction of sp³-hybridized carbons (Fsp3) is 0.500. The fourth-order valence-corrected chi connectivity index (χ4v) is 2.57. The Morgan fingerprint density at radius 1 is 1.50 bits per heavy atom. The molecule has 1 aliphatic heterocycles. The smallest absolute Gasteiger partial charge is 0.167 e. The van der Waals surface area contributed by atoms with Crippen LogP contribution in [-0.4, -0.2) is 54.3 Å². The number of nitrogens with zero attached hydrogens (tertiary/aromatic N) is 3. The van der Waals surface area contributed by atoms with E-state index in [9.17, 15) is 15.3 Å². The Hall–Kier alpha value is -1.74. The van der Waals surface area contributed by atoms with Gasteiger partial charge in [-0.25, -0.2) is 9.97 Å². The van der Waals surface area contributed by atoms with Gasteiger partial charge in [0.25, 0.3) is 0 Å². The van der Waals surface area contributed by atoms with Crippen LogP contribution >= 0.6 is 0 Å². The van der Waals surface area contributed by atoms with Crippen molar-refractivity contribution in [3.63, 3.8) is 0 Å². The second-order valence-corrected chi connectivity index (χ2v) is 5.10. The number of hydrogen-bond donors (Lipinski definition) is 4. The van der Waals surface area contributed by atoms with Crippen LogP contribution in [0.25, 0.3) is 11.0 Å². The maximum absolute atomic E-state index is 10.4. The van der Waals surface area contributed by atoms with Gasteiger partial charge in [-0.05, 0) is 13.0 Å². The lowest BCUT2D eigenvalue weighted by Crippen LogP contribution is -2.44. The van der Waals surface area contributed by atoms with Crippen molar-refractivity contribution in [2.75, 3.05) is 12.3 Å². The van der Waals surface area contributed by atoms with E-state index in [0.717, 1.165) is 0 Å². The Bertz CT molecular complexity index is 641. The van der Waals surface area contributed by atoms with Gasteiger partial charge >= 0.3 is 0 Å². The first-order chi connectivity index (χ1) is 9.46. The van der Waals surface area contributed by atoms with Crippen LogP contribution in [0.3, 0.4) is 0 Å². The van der Waals surface area contributed by atoms with Crippen LogP contribution in [0.5, 0.6) is 0 Å². The van der Waals surface area contributed by atoms with E-state index >= 15 is 0 Å². The third-order valence-electron chi connectivity index (χ3n) is 3.73. The molecule has 1 saturated heterocycles. The molecule has 5 N–H and O–H groups in total. The predicted molar refractivity (Wildman–Crippen MR) is 69.6 cm³/mol. The molecule has 3 rings (SSSR count). The summed E-state index contributed by atoms with van der Waals surface area (Å²) in [6, 6.07) is 1.71. The molecule has 108 valence electrons. The van der Waals surface area contributed by atoms with Crippen LogP contribution in [0.15, 0.2) is 18.6 Å². The number of aliphatic hydroxyl groups is 3. The lowest BCUT2D eigenvalue weighted by molar-refractivity contribution is -0.0948. The number of nitrogens with two attached hydrogens (primary N) is 1. The number of aliphatic hydroxyl groups excluding tert-OH is 2. The number of anilines is 1. The van der Waals surface area contributed by atoms with E-state index in [-0.39, 0.29) is 6.61 Å². The Balaban J connectivity index is 2.10. The molecule has 0 bridgehead atoms. The Labute approximate surface area is 114 Å². The molecule has 0 aliphatic carbocycles. The van der Waals surface area contributed by atoms with E-state index in [2.05, 4.69) is 9.97 Å². The maximum Gasteiger partial charge on any atom is 0.167 e. The van der Waals surface area contributed by atoms with Gasteiger partial charge < -0.3 is 30.4 Å². The van der Waals surface area contributed by atoms with Crippen molar-refractivity contribution in [1.82, 2.24) is 14.5 Å². The quantitative estimate of drug-likeness (QED) is 0.556. The second kappa shape index (κ2) is 4.38. The van der Waals surface area contributed by atoms with Crippen molar-refractivity contribution in [2.45, 2.75) is 31.0 Å². The standard InChI is InChI=1S/C12H16N4O4/c1-12(19)8(18)7(4-17)20-11(12)16-3-2-6-9(13)14-5-15-10(6)16/h2-3,5,7-8,11,17-19H,4H2,1H3,(H2,13,14,15)/t7-,8-,11-,12?/m1/s1. The summed E-state index contributed by atoms with van der Waals surface area (Å²) in [5, 5.41) is 30.3. The zero-order valence-corrected chi connectivity index (χ0v) is 10.8. The van der Waals surface area contributed by atoms with Crippen molar-refractivity contribution in [3.05, 3.63) is 18.6 Å². The number of ether oxygens (including phenoxy) is 1. The van der Waals surface area contributed by atoms with Crippen LogP contribution in [0.1, 0.15) is 13.2 Å². The van der Waals surface area contributed by atoms with E-state index in [1.54, 1.807) is 16.8 Å². The molecule has 1 unspecified atom stereocenters. The van der Waals surface area contributed by atoms with E-state index in [1.165, 1.54) is 13.3 Å². The van der Waals surface area contributed by atoms with Gasteiger partial charge in [0.1, 0.15) is 35.6 Å². The zero-order valence-electron chi connectivity index (χ0n) is 10.8. The molecule has 2 aromatic heterocycles. The highest BCUT2D eigenvalue weighted by Gasteiger charge is 2.53. The molecule has 1 fully saturated rings. The number of nitrogen functional groups attached to an aromatic ring is 1. The Kier molecular flexibility index (Phi) is 2.91. The predicted octanol–water partition coefficient (Wildman–Crippen LogP) is -0.985. The van der Waals surface area contributed by atoms with Gasteiger partial charge in [-0.2, -0.15) is 0 Å². The third-order valence-corrected chi connectivity index (χ3v) is 3.73. The lowest BCUT2D eigenvalue weighted by Gasteiger charge is -2.27. The van der Waals surface area contributed by atoms with Crippen molar-refractivity contribution in [1.29, 1.82) is 0 Å². The average Bonchev–Trinajstić information content (AvgIpc) is 2.92. The highest BCUT2D eigenvalue weighted by atomic mass is 16.6. The molecular weight excluding hydrogens is 264 g/mol. The van der Waals surface area contributed by atoms with Gasteiger partial charge in [-0.3, -0.25) is 0 Å². The molecule has 20 heavy (non-hydrogen) atoms. The van der Waals surface area contributed by atoms with Gasteiger partial charge in [0.2, 0.25) is 0 Å². The summed E-state index contributed by atoms with van der Waals surface area (Å²) in [5.41, 5.74) is 4.70. The van der Waals surface area contributed by atoms with Crippen LogP contribution < -0.4 is 5.73 Å². The van der Waals surface area contributed by atoms with E-state index in [0.29, 0.717) is 16.9 Å². The molecule has 4 atom stereocenters. The lowest BCUT2D eigenvalue weighted by atomic mass is 9.96. The normalized spacial score (nSPS) is 33.9. The van der Waals surface area contributed by atoms with Gasteiger partial charge in [-0.15, -0.1) is 0 Å². The average molecular weight is 280 g/mol. The van der Waals surface area contributed by atoms with Crippen molar-refractivity contribution in [3.8, 4) is 0 Å². The van der Waals surface area contributed by atoms with Crippen LogP contribution in [0.2, 0.25) is 0 Å². The van der Waals surface area contributed by atoms with Crippen LogP contribution in [-0.2, 0) is 4.74 Å². The number of fused-ring (bicyclic) bond motifs is 1. The molecule has 0 radical (unpaired) electrons. The maximum atomic E-state index is 10.4. The first-order valence-electron chi connectivity index (χ1n) is 6.20. The molecular formula is C12H16N4O4. The molecule has 8 heteroatoms. The largest absolute Gasteiger partial charge is 0.394 e. The topological polar surface area (TPSA) is 127 Å². The van der Waals surface area contributed by atoms with E-state index in [4.69, 9.17) is 10.5 Å². The highest BCUT2D eigenvalue weighted by Crippen LogP contribution is 2.39. The van der Waals surface area contributed by atoms with Gasteiger partial charge in [0.15, 0.2) is 6.23 Å². The Morgan fingerprint density at radius 3 is 2.90 bits per heavy atom. The van der Waals surface area contributed by atoms with Crippen molar-refractivity contribution >= 4 is 16.9 Å². The first kappa shape index (κ1) is 13.3. The summed E-state index contributed by atoms with van der Waals surface area (Å²) in [6.07, 6.45) is 0.0428. The summed E-state index contributed by atoms with van der Waals surface area (Å²) in [7, 11) is 0. The van der Waals surface area contributed by atoms with Gasteiger partial charge in [0.05, 0.1) is 12.0 Å². The minimum Gasteiger partial charge on any atom is -0.394 e. The molecule has 0 saturated carbocycles. The molecule has 0 amide bonds. The van der Waals surface area contributed by atoms with Gasteiger partial charge in [0, 0.05) is 6.20 Å².